The first-order valence-electron chi connectivity index (χ1n) is 9.27. The van der Waals surface area contributed by atoms with Crippen molar-refractivity contribution in [3.05, 3.63) is 59.0 Å². The van der Waals surface area contributed by atoms with Gasteiger partial charge in [-0.3, -0.25) is 9.69 Å². The summed E-state index contributed by atoms with van der Waals surface area (Å²) >= 11 is 0. The van der Waals surface area contributed by atoms with Crippen LogP contribution in [0.4, 0.5) is 10.1 Å². The van der Waals surface area contributed by atoms with Crippen LogP contribution in [0.3, 0.4) is 0 Å². The lowest BCUT2D eigenvalue weighted by atomic mass is 9.83. The lowest BCUT2D eigenvalue weighted by Gasteiger charge is -2.32. The van der Waals surface area contributed by atoms with Gasteiger partial charge in [-0.2, -0.15) is 0 Å². The molecule has 30 heavy (non-hydrogen) atoms. The Hall–Kier alpha value is -3.55. The van der Waals surface area contributed by atoms with Gasteiger partial charge < -0.3 is 18.9 Å². The number of esters is 1. The van der Waals surface area contributed by atoms with Crippen molar-refractivity contribution in [1.82, 2.24) is 0 Å². The van der Waals surface area contributed by atoms with Crippen molar-refractivity contribution in [3.8, 4) is 17.2 Å². The molecule has 0 bridgehead atoms. The van der Waals surface area contributed by atoms with Crippen molar-refractivity contribution in [1.29, 1.82) is 0 Å². The molecule has 2 aromatic rings. The van der Waals surface area contributed by atoms with Crippen LogP contribution in [0.5, 0.6) is 17.2 Å². The fourth-order valence-corrected chi connectivity index (χ4v) is 3.96. The largest absolute Gasteiger partial charge is 0.496 e. The molecule has 0 saturated carbocycles. The molecule has 0 aromatic heterocycles. The number of benzene rings is 2. The van der Waals surface area contributed by atoms with Gasteiger partial charge in [0, 0.05) is 24.0 Å². The highest BCUT2D eigenvalue weighted by Crippen LogP contribution is 2.47. The monoisotopic (exact) mass is 413 g/mol. The minimum atomic E-state index is -0.595. The summed E-state index contributed by atoms with van der Waals surface area (Å²) in [6.07, 6.45) is -0.0176. The Labute approximate surface area is 172 Å². The maximum Gasteiger partial charge on any atom is 0.336 e. The number of halogens is 1. The summed E-state index contributed by atoms with van der Waals surface area (Å²) in [5.74, 6) is -0.499. The summed E-state index contributed by atoms with van der Waals surface area (Å²) in [5.41, 5.74) is 1.71. The van der Waals surface area contributed by atoms with Crippen LogP contribution in [-0.4, -0.2) is 39.8 Å². The molecule has 0 saturated heterocycles. The third-order valence-electron chi connectivity index (χ3n) is 5.30. The van der Waals surface area contributed by atoms with Gasteiger partial charge in [0.1, 0.15) is 18.2 Å². The first kappa shape index (κ1) is 19.8. The highest BCUT2D eigenvalue weighted by atomic mass is 19.1. The molecule has 4 rings (SSSR count). The fourth-order valence-electron chi connectivity index (χ4n) is 3.96. The summed E-state index contributed by atoms with van der Waals surface area (Å²) in [6.45, 7) is -0.0669. The van der Waals surface area contributed by atoms with E-state index >= 15 is 0 Å². The molecule has 1 unspecified atom stereocenters. The fraction of sp³-hybridized carbons (Fsp3) is 0.273. The summed E-state index contributed by atoms with van der Waals surface area (Å²) in [4.78, 5) is 27.1. The maximum absolute atomic E-state index is 13.8. The number of hydrogen-bond acceptors (Lipinski definition) is 6. The van der Waals surface area contributed by atoms with Crippen molar-refractivity contribution in [2.75, 3.05) is 32.8 Å². The van der Waals surface area contributed by atoms with E-state index in [-0.39, 0.29) is 18.9 Å². The van der Waals surface area contributed by atoms with E-state index in [1.165, 1.54) is 44.4 Å². The Kier molecular flexibility index (Phi) is 5.07. The predicted octanol–water partition coefficient (Wildman–Crippen LogP) is 3.18. The molecule has 7 nitrogen and oxygen atoms in total. The van der Waals surface area contributed by atoms with E-state index in [1.807, 2.05) is 0 Å². The summed E-state index contributed by atoms with van der Waals surface area (Å²) in [6, 6.07) is 9.02. The number of carbonyl (C=O) groups excluding carboxylic acids is 2. The number of anilines is 1. The molecular weight excluding hydrogens is 393 g/mol. The van der Waals surface area contributed by atoms with Crippen LogP contribution in [0.2, 0.25) is 0 Å². The highest BCUT2D eigenvalue weighted by Gasteiger charge is 2.44. The van der Waals surface area contributed by atoms with Gasteiger partial charge >= 0.3 is 5.97 Å². The van der Waals surface area contributed by atoms with E-state index in [9.17, 15) is 14.0 Å². The topological polar surface area (TPSA) is 74.3 Å². The van der Waals surface area contributed by atoms with Crippen LogP contribution in [-0.2, 0) is 14.3 Å². The number of cyclic esters (lactones) is 1. The first-order valence-corrected chi connectivity index (χ1v) is 9.27. The van der Waals surface area contributed by atoms with Crippen LogP contribution in [0.15, 0.2) is 47.7 Å². The predicted molar refractivity (Wildman–Crippen MR) is 105 cm³/mol. The zero-order valence-electron chi connectivity index (χ0n) is 16.7. The second-order valence-corrected chi connectivity index (χ2v) is 6.85. The van der Waals surface area contributed by atoms with Gasteiger partial charge in [-0.05, 0) is 24.3 Å². The molecule has 1 amide bonds. The molecule has 156 valence electrons. The first-order chi connectivity index (χ1) is 14.5. The third kappa shape index (κ3) is 3.14. The molecular formula is C22H20FNO6. The van der Waals surface area contributed by atoms with Crippen LogP contribution >= 0.6 is 0 Å². The molecule has 0 aliphatic carbocycles. The van der Waals surface area contributed by atoms with Crippen molar-refractivity contribution in [2.45, 2.75) is 12.3 Å². The van der Waals surface area contributed by atoms with Crippen molar-refractivity contribution < 1.29 is 32.9 Å². The number of rotatable bonds is 5. The normalized spacial score (nSPS) is 18.3. The molecule has 0 N–H and O–H groups in total. The molecule has 2 aliphatic rings. The third-order valence-corrected chi connectivity index (χ3v) is 5.30. The SMILES string of the molecule is COc1cc(OC)c(C2CC(=O)N(c3cccc(F)c3)C3=C2C(=O)OC3)cc1OC. The minimum Gasteiger partial charge on any atom is -0.496 e. The zero-order valence-corrected chi connectivity index (χ0v) is 16.7. The molecule has 0 fully saturated rings. The van der Waals surface area contributed by atoms with Crippen molar-refractivity contribution in [2.24, 2.45) is 0 Å². The standard InChI is InChI=1S/C22H20FNO6/c1-27-17-10-19(29-3)18(28-2)8-14(17)15-9-20(25)24(13-6-4-5-12(23)7-13)16-11-30-22(26)21(15)16/h4-8,10,15H,9,11H2,1-3H3. The van der Waals surface area contributed by atoms with Crippen LogP contribution in [0.1, 0.15) is 17.9 Å². The molecule has 2 heterocycles. The number of nitrogens with zero attached hydrogens (tertiary/aromatic N) is 1. The minimum absolute atomic E-state index is 0.0176. The zero-order chi connectivity index (χ0) is 21.4. The Morgan fingerprint density at radius 3 is 2.37 bits per heavy atom. The number of carbonyl (C=O) groups is 2. The molecule has 0 radical (unpaired) electrons. The summed E-state index contributed by atoms with van der Waals surface area (Å²) in [5, 5.41) is 0. The number of hydrogen-bond donors (Lipinski definition) is 0. The van der Waals surface area contributed by atoms with E-state index < -0.39 is 17.7 Å². The van der Waals surface area contributed by atoms with Crippen molar-refractivity contribution in [3.63, 3.8) is 0 Å². The average molecular weight is 413 g/mol. The van der Waals surface area contributed by atoms with E-state index in [2.05, 4.69) is 0 Å². The highest BCUT2D eigenvalue weighted by molar-refractivity contribution is 6.06. The Balaban J connectivity index is 1.87. The molecule has 8 heteroatoms. The molecule has 2 aromatic carbocycles. The van der Waals surface area contributed by atoms with Gasteiger partial charge in [-0.1, -0.05) is 6.07 Å². The lowest BCUT2D eigenvalue weighted by molar-refractivity contribution is -0.136. The Bertz CT molecular complexity index is 1060. The van der Waals surface area contributed by atoms with Gasteiger partial charge in [-0.15, -0.1) is 0 Å². The maximum atomic E-state index is 13.8. The van der Waals surface area contributed by atoms with Crippen LogP contribution in [0.25, 0.3) is 0 Å². The second-order valence-electron chi connectivity index (χ2n) is 6.85. The molecule has 1 atom stereocenters. The van der Waals surface area contributed by atoms with Gasteiger partial charge in [0.25, 0.3) is 0 Å². The van der Waals surface area contributed by atoms with E-state index in [0.29, 0.717) is 39.8 Å². The quantitative estimate of drug-likeness (QED) is 0.701. The second kappa shape index (κ2) is 7.70. The van der Waals surface area contributed by atoms with Gasteiger partial charge in [-0.25, -0.2) is 9.18 Å². The van der Waals surface area contributed by atoms with E-state index in [0.717, 1.165) is 0 Å². The molecule has 0 spiro atoms. The van der Waals surface area contributed by atoms with Crippen molar-refractivity contribution >= 4 is 17.6 Å². The van der Waals surface area contributed by atoms with E-state index in [4.69, 9.17) is 18.9 Å². The summed E-state index contributed by atoms with van der Waals surface area (Å²) in [7, 11) is 4.50. The Morgan fingerprint density at radius 2 is 1.70 bits per heavy atom. The van der Waals surface area contributed by atoms with Crippen LogP contribution < -0.4 is 19.1 Å². The lowest BCUT2D eigenvalue weighted by Crippen LogP contribution is -2.37. The average Bonchev–Trinajstić information content (AvgIpc) is 3.13. The van der Waals surface area contributed by atoms with Gasteiger partial charge in [0.2, 0.25) is 5.91 Å². The number of amides is 1. The number of methoxy groups -OCH3 is 3. The summed E-state index contributed by atoms with van der Waals surface area (Å²) < 4.78 is 35.2. The van der Waals surface area contributed by atoms with Gasteiger partial charge in [0.15, 0.2) is 11.5 Å². The smallest absolute Gasteiger partial charge is 0.336 e. The molecule has 2 aliphatic heterocycles. The Morgan fingerprint density at radius 1 is 1.00 bits per heavy atom. The van der Waals surface area contributed by atoms with Gasteiger partial charge in [0.05, 0.1) is 38.3 Å². The number of ether oxygens (including phenoxy) is 4. The van der Waals surface area contributed by atoms with Crippen LogP contribution in [0, 0.1) is 5.82 Å². The van der Waals surface area contributed by atoms with E-state index in [1.54, 1.807) is 18.2 Å².